The molecular formula is C9H14N4O2. The van der Waals surface area contributed by atoms with Crippen LogP contribution < -0.4 is 5.32 Å². The number of aromatic nitrogens is 3. The Labute approximate surface area is 87.1 Å². The number of aromatic carboxylic acids is 1. The van der Waals surface area contributed by atoms with Gasteiger partial charge in [0.25, 0.3) is 5.82 Å². The highest BCUT2D eigenvalue weighted by molar-refractivity contribution is 5.82. The summed E-state index contributed by atoms with van der Waals surface area (Å²) in [6, 6.07) is 0. The van der Waals surface area contributed by atoms with Crippen LogP contribution in [0.15, 0.2) is 0 Å². The second kappa shape index (κ2) is 4.39. The molecule has 0 bridgehead atoms. The van der Waals surface area contributed by atoms with E-state index in [1.807, 2.05) is 0 Å². The Morgan fingerprint density at radius 2 is 2.47 bits per heavy atom. The molecule has 1 unspecified atom stereocenters. The summed E-state index contributed by atoms with van der Waals surface area (Å²) in [6.45, 7) is 2.05. The second-order valence-corrected chi connectivity index (χ2v) is 3.83. The van der Waals surface area contributed by atoms with Gasteiger partial charge < -0.3 is 10.4 Å². The van der Waals surface area contributed by atoms with Gasteiger partial charge in [-0.3, -0.25) is 5.10 Å². The summed E-state index contributed by atoms with van der Waals surface area (Å²) in [6.07, 6.45) is 3.11. The van der Waals surface area contributed by atoms with E-state index in [1.165, 1.54) is 6.42 Å². The third-order valence-corrected chi connectivity index (χ3v) is 2.60. The predicted octanol–water partition coefficient (Wildman–Crippen LogP) is 0.0450. The molecule has 0 amide bonds. The highest BCUT2D eigenvalue weighted by Crippen LogP contribution is 2.13. The zero-order valence-electron chi connectivity index (χ0n) is 8.36. The SMILES string of the molecule is O=C(O)c1n[nH]c(CC2CCCNC2)n1. The highest BCUT2D eigenvalue weighted by atomic mass is 16.4. The summed E-state index contributed by atoms with van der Waals surface area (Å²) in [7, 11) is 0. The van der Waals surface area contributed by atoms with Gasteiger partial charge in [0.1, 0.15) is 5.82 Å². The fraction of sp³-hybridized carbons (Fsp3) is 0.667. The molecule has 82 valence electrons. The van der Waals surface area contributed by atoms with Crippen LogP contribution in [0.4, 0.5) is 0 Å². The van der Waals surface area contributed by atoms with Gasteiger partial charge in [-0.15, -0.1) is 5.10 Å². The van der Waals surface area contributed by atoms with E-state index in [2.05, 4.69) is 20.5 Å². The number of carboxylic acid groups (broad SMARTS) is 1. The average molecular weight is 210 g/mol. The summed E-state index contributed by atoms with van der Waals surface area (Å²) >= 11 is 0. The molecule has 6 heteroatoms. The molecule has 0 saturated carbocycles. The quantitative estimate of drug-likeness (QED) is 0.655. The van der Waals surface area contributed by atoms with E-state index in [9.17, 15) is 4.79 Å². The number of aromatic amines is 1. The Hall–Kier alpha value is -1.43. The molecule has 2 heterocycles. The number of rotatable bonds is 3. The van der Waals surface area contributed by atoms with E-state index >= 15 is 0 Å². The summed E-state index contributed by atoms with van der Waals surface area (Å²) < 4.78 is 0. The Kier molecular flexibility index (Phi) is 2.96. The summed E-state index contributed by atoms with van der Waals surface area (Å²) in [4.78, 5) is 14.5. The standard InChI is InChI=1S/C9H14N4O2/c14-9(15)8-11-7(12-13-8)4-6-2-1-3-10-5-6/h6,10H,1-5H2,(H,14,15)(H,11,12,13). The van der Waals surface area contributed by atoms with Crippen LogP contribution in [-0.2, 0) is 6.42 Å². The van der Waals surface area contributed by atoms with E-state index in [0.717, 1.165) is 25.9 Å². The fourth-order valence-electron chi connectivity index (χ4n) is 1.85. The van der Waals surface area contributed by atoms with Crippen molar-refractivity contribution in [3.8, 4) is 0 Å². The molecule has 6 nitrogen and oxygen atoms in total. The fourth-order valence-corrected chi connectivity index (χ4v) is 1.85. The molecule has 2 rings (SSSR count). The molecule has 1 saturated heterocycles. The zero-order valence-corrected chi connectivity index (χ0v) is 8.36. The van der Waals surface area contributed by atoms with E-state index in [-0.39, 0.29) is 5.82 Å². The topological polar surface area (TPSA) is 90.9 Å². The van der Waals surface area contributed by atoms with Crippen molar-refractivity contribution in [1.82, 2.24) is 20.5 Å². The van der Waals surface area contributed by atoms with Crippen molar-refractivity contribution in [2.24, 2.45) is 5.92 Å². The molecular weight excluding hydrogens is 196 g/mol. The van der Waals surface area contributed by atoms with Crippen molar-refractivity contribution in [2.75, 3.05) is 13.1 Å². The molecule has 0 spiro atoms. The number of carbonyl (C=O) groups is 1. The molecule has 1 aromatic rings. The van der Waals surface area contributed by atoms with Crippen LogP contribution in [0, 0.1) is 5.92 Å². The number of carboxylic acids is 1. The third kappa shape index (κ3) is 2.53. The Balaban J connectivity index is 1.94. The molecule has 0 aliphatic carbocycles. The maximum absolute atomic E-state index is 10.5. The zero-order chi connectivity index (χ0) is 10.7. The number of nitrogens with one attached hydrogen (secondary N) is 2. The van der Waals surface area contributed by atoms with Crippen LogP contribution in [0.1, 0.15) is 29.3 Å². The van der Waals surface area contributed by atoms with Gasteiger partial charge in [0.05, 0.1) is 0 Å². The molecule has 15 heavy (non-hydrogen) atoms. The van der Waals surface area contributed by atoms with Crippen LogP contribution in [-0.4, -0.2) is 39.3 Å². The van der Waals surface area contributed by atoms with Crippen molar-refractivity contribution in [3.05, 3.63) is 11.6 Å². The van der Waals surface area contributed by atoms with Crippen LogP contribution >= 0.6 is 0 Å². The van der Waals surface area contributed by atoms with Gasteiger partial charge >= 0.3 is 5.97 Å². The van der Waals surface area contributed by atoms with Gasteiger partial charge in [-0.05, 0) is 31.8 Å². The van der Waals surface area contributed by atoms with E-state index < -0.39 is 5.97 Å². The van der Waals surface area contributed by atoms with Crippen molar-refractivity contribution in [2.45, 2.75) is 19.3 Å². The Morgan fingerprint density at radius 3 is 3.07 bits per heavy atom. The minimum absolute atomic E-state index is 0.145. The molecule has 1 aliphatic rings. The second-order valence-electron chi connectivity index (χ2n) is 3.83. The minimum atomic E-state index is -1.08. The normalized spacial score (nSPS) is 21.5. The van der Waals surface area contributed by atoms with Crippen molar-refractivity contribution in [1.29, 1.82) is 0 Å². The van der Waals surface area contributed by atoms with Crippen LogP contribution in [0.5, 0.6) is 0 Å². The lowest BCUT2D eigenvalue weighted by Crippen LogP contribution is -2.31. The molecule has 0 aromatic carbocycles. The van der Waals surface area contributed by atoms with E-state index in [4.69, 9.17) is 5.11 Å². The van der Waals surface area contributed by atoms with Gasteiger partial charge in [0.2, 0.25) is 0 Å². The third-order valence-electron chi connectivity index (χ3n) is 2.60. The average Bonchev–Trinajstić information content (AvgIpc) is 2.68. The van der Waals surface area contributed by atoms with E-state index in [0.29, 0.717) is 11.7 Å². The first-order valence-electron chi connectivity index (χ1n) is 5.11. The number of hydrogen-bond donors (Lipinski definition) is 3. The predicted molar refractivity (Wildman–Crippen MR) is 52.6 cm³/mol. The maximum atomic E-state index is 10.5. The number of piperidine rings is 1. The number of hydrogen-bond acceptors (Lipinski definition) is 4. The molecule has 1 fully saturated rings. The van der Waals surface area contributed by atoms with Gasteiger partial charge in [-0.1, -0.05) is 0 Å². The first-order chi connectivity index (χ1) is 7.25. The molecule has 0 radical (unpaired) electrons. The van der Waals surface area contributed by atoms with Crippen molar-refractivity contribution >= 4 is 5.97 Å². The monoisotopic (exact) mass is 210 g/mol. The van der Waals surface area contributed by atoms with Crippen LogP contribution in [0.25, 0.3) is 0 Å². The summed E-state index contributed by atoms with van der Waals surface area (Å²) in [5.41, 5.74) is 0. The smallest absolute Gasteiger partial charge is 0.375 e. The van der Waals surface area contributed by atoms with Crippen molar-refractivity contribution < 1.29 is 9.90 Å². The van der Waals surface area contributed by atoms with Gasteiger partial charge in [0.15, 0.2) is 0 Å². The number of nitrogens with zero attached hydrogens (tertiary/aromatic N) is 2. The van der Waals surface area contributed by atoms with Gasteiger partial charge in [0, 0.05) is 6.42 Å². The largest absolute Gasteiger partial charge is 0.475 e. The lowest BCUT2D eigenvalue weighted by molar-refractivity contribution is 0.0684. The summed E-state index contributed by atoms with van der Waals surface area (Å²) in [5.74, 6) is -0.0255. The van der Waals surface area contributed by atoms with Gasteiger partial charge in [-0.25, -0.2) is 9.78 Å². The summed E-state index contributed by atoms with van der Waals surface area (Å²) in [5, 5.41) is 18.2. The lowest BCUT2D eigenvalue weighted by Gasteiger charge is -2.21. The Morgan fingerprint density at radius 1 is 1.60 bits per heavy atom. The van der Waals surface area contributed by atoms with Crippen LogP contribution in [0.2, 0.25) is 0 Å². The number of H-pyrrole nitrogens is 1. The minimum Gasteiger partial charge on any atom is -0.475 e. The van der Waals surface area contributed by atoms with Gasteiger partial charge in [-0.2, -0.15) is 0 Å². The lowest BCUT2D eigenvalue weighted by atomic mass is 9.96. The first-order valence-corrected chi connectivity index (χ1v) is 5.11. The van der Waals surface area contributed by atoms with Crippen molar-refractivity contribution in [3.63, 3.8) is 0 Å². The maximum Gasteiger partial charge on any atom is 0.375 e. The van der Waals surface area contributed by atoms with E-state index in [1.54, 1.807) is 0 Å². The first kappa shape index (κ1) is 10.1. The Bertz CT molecular complexity index is 344. The molecule has 1 atom stereocenters. The molecule has 1 aliphatic heterocycles. The molecule has 3 N–H and O–H groups in total. The molecule has 1 aromatic heterocycles. The highest BCUT2D eigenvalue weighted by Gasteiger charge is 2.17. The van der Waals surface area contributed by atoms with Crippen LogP contribution in [0.3, 0.4) is 0 Å².